The largest absolute Gasteiger partial charge is 0.369 e. The molecule has 118 valence electrons. The highest BCUT2D eigenvalue weighted by Crippen LogP contribution is 2.34. The van der Waals surface area contributed by atoms with Crippen molar-refractivity contribution in [2.24, 2.45) is 0 Å². The molecular weight excluding hydrogens is 308 g/mol. The number of rotatable bonds is 6. The molecule has 2 heterocycles. The van der Waals surface area contributed by atoms with Gasteiger partial charge in [-0.3, -0.25) is 14.3 Å². The van der Waals surface area contributed by atoms with Gasteiger partial charge >= 0.3 is 7.60 Å². The number of ether oxygens (including phenoxy) is 1. The third-order valence-electron chi connectivity index (χ3n) is 2.74. The van der Waals surface area contributed by atoms with Crippen LogP contribution in [0.3, 0.4) is 0 Å². The maximum Gasteiger partial charge on any atom is 0.350 e. The summed E-state index contributed by atoms with van der Waals surface area (Å²) < 4.78 is 28.4. The van der Waals surface area contributed by atoms with E-state index < -0.39 is 32.3 Å². The molecule has 21 heavy (non-hydrogen) atoms. The van der Waals surface area contributed by atoms with Crippen LogP contribution in [0.25, 0.3) is 0 Å². The molecule has 2 rings (SSSR count). The Kier molecular flexibility index (Phi) is 4.47. The molecule has 0 radical (unpaired) electrons. The lowest BCUT2D eigenvalue weighted by molar-refractivity contribution is 0.0608. The Morgan fingerprint density at radius 2 is 2.29 bits per heavy atom. The van der Waals surface area contributed by atoms with Crippen LogP contribution in [0.5, 0.6) is 0 Å². The molecular formula is C9H15FN5O5P. The number of H-pyrrole nitrogens is 1. The fourth-order valence-corrected chi connectivity index (χ4v) is 2.27. The second-order valence-corrected chi connectivity index (χ2v) is 6.03. The number of nitrogens with zero attached hydrogens (tertiary/aromatic N) is 2. The lowest BCUT2D eigenvalue weighted by atomic mass is 10.3. The summed E-state index contributed by atoms with van der Waals surface area (Å²) in [6.45, 7) is -0.790. The smallest absolute Gasteiger partial charge is 0.350 e. The standard InChI is InChI=1S/C9H15FN5O5P/c10-1-5(20-4-21(17,18)19)2-15-3-12-6-7(15)13-9(11)14-8(6)16/h5,12H,1-4H2,(H2,17,18,19)(H3,11,13,14,16). The van der Waals surface area contributed by atoms with E-state index in [1.807, 2.05) is 0 Å². The molecule has 0 saturated heterocycles. The van der Waals surface area contributed by atoms with E-state index in [1.165, 1.54) is 4.90 Å². The van der Waals surface area contributed by atoms with Crippen LogP contribution in [0, 0.1) is 0 Å². The van der Waals surface area contributed by atoms with Crippen molar-refractivity contribution >= 4 is 25.0 Å². The van der Waals surface area contributed by atoms with Crippen LogP contribution >= 0.6 is 7.60 Å². The first-order valence-electron chi connectivity index (χ1n) is 5.91. The van der Waals surface area contributed by atoms with Crippen LogP contribution in [0.1, 0.15) is 0 Å². The number of aromatic amines is 1. The zero-order valence-corrected chi connectivity index (χ0v) is 11.7. The number of anilines is 3. The SMILES string of the molecule is Nc1nc2c(c(=O)[nH]1)NCN2CC(CF)OCP(=O)(O)O. The Bertz CT molecular complexity index is 619. The molecule has 12 heteroatoms. The van der Waals surface area contributed by atoms with Gasteiger partial charge in [-0.2, -0.15) is 4.98 Å². The summed E-state index contributed by atoms with van der Waals surface area (Å²) in [5, 5.41) is 2.78. The van der Waals surface area contributed by atoms with Crippen LogP contribution in [0.15, 0.2) is 4.79 Å². The van der Waals surface area contributed by atoms with E-state index in [-0.39, 0.29) is 30.7 Å². The molecule has 1 aromatic heterocycles. The van der Waals surface area contributed by atoms with Crippen molar-refractivity contribution in [1.82, 2.24) is 9.97 Å². The molecule has 0 aromatic carbocycles. The van der Waals surface area contributed by atoms with Gasteiger partial charge in [0.15, 0.2) is 5.82 Å². The lowest BCUT2D eigenvalue weighted by Crippen LogP contribution is -2.35. The van der Waals surface area contributed by atoms with Crippen LogP contribution in [0.4, 0.5) is 21.8 Å². The summed E-state index contributed by atoms with van der Waals surface area (Å²) >= 11 is 0. The van der Waals surface area contributed by atoms with Gasteiger partial charge < -0.3 is 30.5 Å². The summed E-state index contributed by atoms with van der Waals surface area (Å²) in [4.78, 5) is 36.8. The molecule has 0 amide bonds. The first-order valence-corrected chi connectivity index (χ1v) is 7.70. The van der Waals surface area contributed by atoms with Gasteiger partial charge in [0, 0.05) is 6.54 Å². The molecule has 0 fully saturated rings. The summed E-state index contributed by atoms with van der Waals surface area (Å²) in [5.74, 6) is 0.162. The van der Waals surface area contributed by atoms with Gasteiger partial charge in [0.25, 0.3) is 5.56 Å². The Balaban J connectivity index is 2.08. The van der Waals surface area contributed by atoms with E-state index in [9.17, 15) is 13.8 Å². The Hall–Kier alpha value is -1.68. The molecule has 1 aliphatic rings. The summed E-state index contributed by atoms with van der Waals surface area (Å²) in [6, 6.07) is 0. The number of aromatic nitrogens is 2. The zero-order valence-electron chi connectivity index (χ0n) is 10.8. The Morgan fingerprint density at radius 3 is 2.90 bits per heavy atom. The maximum atomic E-state index is 12.9. The number of fused-ring (bicyclic) bond motifs is 1. The van der Waals surface area contributed by atoms with Gasteiger partial charge in [-0.05, 0) is 0 Å². The second-order valence-electron chi connectivity index (χ2n) is 4.44. The van der Waals surface area contributed by atoms with E-state index in [4.69, 9.17) is 20.3 Å². The fraction of sp³-hybridized carbons (Fsp3) is 0.556. The average Bonchev–Trinajstić information content (AvgIpc) is 2.76. The Labute approximate surface area is 118 Å². The number of hydrogen-bond donors (Lipinski definition) is 5. The Morgan fingerprint density at radius 1 is 1.57 bits per heavy atom. The highest BCUT2D eigenvalue weighted by molar-refractivity contribution is 7.51. The van der Waals surface area contributed by atoms with Gasteiger partial charge in [-0.1, -0.05) is 0 Å². The van der Waals surface area contributed by atoms with Gasteiger partial charge in [-0.25, -0.2) is 4.39 Å². The van der Waals surface area contributed by atoms with Crippen molar-refractivity contribution in [3.8, 4) is 0 Å². The highest BCUT2D eigenvalue weighted by Gasteiger charge is 2.27. The number of hydrogen-bond acceptors (Lipinski definition) is 7. The van der Waals surface area contributed by atoms with Gasteiger partial charge in [-0.15, -0.1) is 0 Å². The molecule has 10 nitrogen and oxygen atoms in total. The third kappa shape index (κ3) is 3.91. The maximum absolute atomic E-state index is 12.9. The predicted octanol–water partition coefficient (Wildman–Crippen LogP) is -0.969. The number of nitrogens with one attached hydrogen (secondary N) is 2. The second kappa shape index (κ2) is 5.98. The van der Waals surface area contributed by atoms with Crippen LogP contribution in [-0.4, -0.2) is 52.1 Å². The monoisotopic (exact) mass is 323 g/mol. The van der Waals surface area contributed by atoms with Crippen LogP contribution in [0.2, 0.25) is 0 Å². The van der Waals surface area contributed by atoms with Crippen LogP contribution < -0.4 is 21.5 Å². The molecule has 0 aliphatic carbocycles. The molecule has 1 unspecified atom stereocenters. The summed E-state index contributed by atoms with van der Waals surface area (Å²) in [7, 11) is -4.37. The van der Waals surface area contributed by atoms with Crippen molar-refractivity contribution in [1.29, 1.82) is 0 Å². The predicted molar refractivity (Wildman–Crippen MR) is 72.9 cm³/mol. The van der Waals surface area contributed by atoms with Crippen molar-refractivity contribution in [2.75, 3.05) is 42.2 Å². The lowest BCUT2D eigenvalue weighted by Gasteiger charge is -2.22. The molecule has 0 saturated carbocycles. The minimum Gasteiger partial charge on any atom is -0.369 e. The van der Waals surface area contributed by atoms with E-state index in [2.05, 4.69) is 15.3 Å². The molecule has 6 N–H and O–H groups in total. The topological polar surface area (TPSA) is 154 Å². The van der Waals surface area contributed by atoms with E-state index >= 15 is 0 Å². The van der Waals surface area contributed by atoms with Gasteiger partial charge in [0.1, 0.15) is 24.8 Å². The van der Waals surface area contributed by atoms with E-state index in [0.29, 0.717) is 0 Å². The summed E-state index contributed by atoms with van der Waals surface area (Å²) in [5.41, 5.74) is 5.20. The normalized spacial score (nSPS) is 15.7. The molecule has 1 atom stereocenters. The number of nitrogen functional groups attached to an aromatic ring is 1. The van der Waals surface area contributed by atoms with E-state index in [0.717, 1.165) is 0 Å². The molecule has 0 spiro atoms. The quantitative estimate of drug-likeness (QED) is 0.416. The van der Waals surface area contributed by atoms with Crippen LogP contribution in [-0.2, 0) is 9.30 Å². The van der Waals surface area contributed by atoms with E-state index in [1.54, 1.807) is 0 Å². The van der Waals surface area contributed by atoms with Crippen molar-refractivity contribution in [3.05, 3.63) is 10.4 Å². The molecule has 0 bridgehead atoms. The summed E-state index contributed by atoms with van der Waals surface area (Å²) in [6.07, 6.45) is -1.94. The molecule has 1 aliphatic heterocycles. The number of halogens is 1. The van der Waals surface area contributed by atoms with Gasteiger partial charge in [0.2, 0.25) is 5.95 Å². The zero-order chi connectivity index (χ0) is 15.6. The molecule has 1 aromatic rings. The average molecular weight is 323 g/mol. The minimum absolute atomic E-state index is 0.0353. The van der Waals surface area contributed by atoms with Crippen molar-refractivity contribution in [2.45, 2.75) is 6.10 Å². The first kappa shape index (κ1) is 15.7. The van der Waals surface area contributed by atoms with Crippen molar-refractivity contribution in [3.63, 3.8) is 0 Å². The van der Waals surface area contributed by atoms with Crippen molar-refractivity contribution < 1.29 is 23.5 Å². The fourth-order valence-electron chi connectivity index (χ4n) is 1.86. The number of nitrogens with two attached hydrogens (primary N) is 1. The first-order chi connectivity index (χ1) is 9.80. The minimum atomic E-state index is -4.37. The van der Waals surface area contributed by atoms with Gasteiger partial charge in [0.05, 0.1) is 6.67 Å². The number of alkyl halides is 1. The third-order valence-corrected chi connectivity index (χ3v) is 3.22. The highest BCUT2D eigenvalue weighted by atomic mass is 31.2.